The molecule has 0 bridgehead atoms. The molecule has 2 aliphatic rings. The van der Waals surface area contributed by atoms with Crippen molar-refractivity contribution in [2.45, 2.75) is 51.5 Å². The van der Waals surface area contributed by atoms with Crippen LogP contribution < -0.4 is 10.6 Å². The van der Waals surface area contributed by atoms with Gasteiger partial charge in [0.15, 0.2) is 0 Å². The summed E-state index contributed by atoms with van der Waals surface area (Å²) in [6.07, 6.45) is 7.81. The van der Waals surface area contributed by atoms with Crippen LogP contribution in [0.3, 0.4) is 0 Å². The van der Waals surface area contributed by atoms with Gasteiger partial charge < -0.3 is 10.6 Å². The third kappa shape index (κ3) is 5.87. The maximum atomic E-state index is 12.6. The highest BCUT2D eigenvalue weighted by Gasteiger charge is 2.26. The highest BCUT2D eigenvalue weighted by molar-refractivity contribution is 6.30. The van der Waals surface area contributed by atoms with E-state index in [1.165, 1.54) is 42.1 Å². The molecule has 1 unspecified atom stereocenters. The number of nitrogens with zero attached hydrogens (tertiary/aromatic N) is 2. The predicted octanol–water partition coefficient (Wildman–Crippen LogP) is 4.14. The molecule has 2 heterocycles. The average Bonchev–Trinajstić information content (AvgIpc) is 2.80. The minimum Gasteiger partial charge on any atom is -0.348 e. The van der Waals surface area contributed by atoms with E-state index in [1.807, 2.05) is 6.92 Å². The van der Waals surface area contributed by atoms with Gasteiger partial charge in [-0.1, -0.05) is 29.8 Å². The second-order valence-corrected chi connectivity index (χ2v) is 9.36. The molecule has 7 heteroatoms. The molecule has 0 spiro atoms. The fraction of sp³-hybridized carbons (Fsp3) is 0.480. The number of nitrogens with one attached hydrogen (secondary N) is 2. The third-order valence-corrected chi connectivity index (χ3v) is 6.78. The van der Waals surface area contributed by atoms with Gasteiger partial charge in [-0.05, 0) is 87.4 Å². The zero-order valence-electron chi connectivity index (χ0n) is 18.6. The number of aromatic nitrogens is 1. The minimum absolute atomic E-state index is 0.00933. The maximum Gasteiger partial charge on any atom is 0.234 e. The Morgan fingerprint density at radius 3 is 2.59 bits per heavy atom. The number of carbonyl (C=O) groups is 2. The van der Waals surface area contributed by atoms with Gasteiger partial charge in [0.2, 0.25) is 11.8 Å². The summed E-state index contributed by atoms with van der Waals surface area (Å²) in [6.45, 7) is 3.87. The first-order valence-corrected chi connectivity index (χ1v) is 11.9. The lowest BCUT2D eigenvalue weighted by molar-refractivity contribution is -0.124. The lowest BCUT2D eigenvalue weighted by Gasteiger charge is -2.31. The van der Waals surface area contributed by atoms with Gasteiger partial charge in [-0.3, -0.25) is 14.5 Å². The summed E-state index contributed by atoms with van der Waals surface area (Å²) in [4.78, 5) is 31.4. The number of halogens is 1. The topological polar surface area (TPSA) is 74.3 Å². The normalized spacial score (nSPS) is 17.9. The Morgan fingerprint density at radius 2 is 1.88 bits per heavy atom. The van der Waals surface area contributed by atoms with Crippen molar-refractivity contribution >= 4 is 29.2 Å². The minimum atomic E-state index is -0.0683. The molecule has 32 heavy (non-hydrogen) atoms. The Kier molecular flexibility index (Phi) is 7.43. The fourth-order valence-electron chi connectivity index (χ4n) is 4.63. The van der Waals surface area contributed by atoms with Crippen molar-refractivity contribution in [3.8, 4) is 0 Å². The molecule has 1 fully saturated rings. The lowest BCUT2D eigenvalue weighted by Crippen LogP contribution is -2.43. The van der Waals surface area contributed by atoms with E-state index < -0.39 is 0 Å². The summed E-state index contributed by atoms with van der Waals surface area (Å²) in [5, 5.41) is 6.53. The molecule has 1 aromatic carbocycles. The molecular formula is C25H31ClN4O2. The van der Waals surface area contributed by atoms with Crippen molar-refractivity contribution in [1.82, 2.24) is 15.2 Å². The van der Waals surface area contributed by atoms with Crippen molar-refractivity contribution in [3.05, 3.63) is 58.2 Å². The molecule has 6 nitrogen and oxygen atoms in total. The number of aryl methyl sites for hydroxylation is 2. The highest BCUT2D eigenvalue weighted by Crippen LogP contribution is 2.25. The largest absolute Gasteiger partial charge is 0.348 e. The van der Waals surface area contributed by atoms with Gasteiger partial charge in [0, 0.05) is 12.1 Å². The van der Waals surface area contributed by atoms with E-state index in [9.17, 15) is 9.59 Å². The summed E-state index contributed by atoms with van der Waals surface area (Å²) in [5.74, 6) is 0.451. The van der Waals surface area contributed by atoms with Crippen LogP contribution in [0, 0.1) is 5.92 Å². The molecule has 1 aliphatic heterocycles. The van der Waals surface area contributed by atoms with Crippen LogP contribution in [0.2, 0.25) is 5.02 Å². The maximum absolute atomic E-state index is 12.6. The molecule has 0 saturated carbocycles. The molecular weight excluding hydrogens is 424 g/mol. The number of pyridine rings is 1. The number of carbonyl (C=O) groups excluding carboxylic acids is 2. The van der Waals surface area contributed by atoms with Gasteiger partial charge in [-0.2, -0.15) is 0 Å². The van der Waals surface area contributed by atoms with Crippen molar-refractivity contribution in [3.63, 3.8) is 0 Å². The first-order valence-electron chi connectivity index (χ1n) is 11.5. The number of rotatable bonds is 6. The Morgan fingerprint density at radius 1 is 1.12 bits per heavy atom. The second kappa shape index (κ2) is 10.5. The molecule has 1 aromatic heterocycles. The van der Waals surface area contributed by atoms with Crippen LogP contribution in [0.15, 0.2) is 36.5 Å². The molecule has 170 valence electrons. The standard InChI is InChI=1S/C25H31ClN4O2/c1-17(20-7-6-18-4-2-3-5-21(18)14-20)28-24(31)16-30-12-10-19(11-13-30)25(32)29-23-9-8-22(26)15-27-23/h6-9,14-15,17,19H,2-5,10-13,16H2,1H3,(H,28,31)(H,27,29,32). The van der Waals surface area contributed by atoms with Crippen molar-refractivity contribution in [2.24, 2.45) is 5.92 Å². The monoisotopic (exact) mass is 454 g/mol. The summed E-state index contributed by atoms with van der Waals surface area (Å²) in [5.41, 5.74) is 4.06. The Balaban J connectivity index is 1.22. The van der Waals surface area contributed by atoms with Crippen LogP contribution in [0.1, 0.15) is 55.3 Å². The number of hydrogen-bond acceptors (Lipinski definition) is 4. The van der Waals surface area contributed by atoms with Crippen molar-refractivity contribution < 1.29 is 9.59 Å². The SMILES string of the molecule is CC(NC(=O)CN1CCC(C(=O)Nc2ccc(Cl)cn2)CC1)c1ccc2c(c1)CCCC2. The molecule has 2 aromatic rings. The first kappa shape index (κ1) is 22.7. The van der Waals surface area contributed by atoms with E-state index in [0.717, 1.165) is 32.4 Å². The van der Waals surface area contributed by atoms with Gasteiger partial charge in [0.05, 0.1) is 17.6 Å². The number of likely N-dealkylation sites (tertiary alicyclic amines) is 1. The van der Waals surface area contributed by atoms with Crippen LogP contribution in [0.5, 0.6) is 0 Å². The van der Waals surface area contributed by atoms with E-state index in [1.54, 1.807) is 12.1 Å². The Hall–Kier alpha value is -2.44. The van der Waals surface area contributed by atoms with Crippen LogP contribution >= 0.6 is 11.6 Å². The lowest BCUT2D eigenvalue weighted by atomic mass is 9.89. The van der Waals surface area contributed by atoms with E-state index in [-0.39, 0.29) is 23.8 Å². The molecule has 1 saturated heterocycles. The smallest absolute Gasteiger partial charge is 0.234 e. The number of benzene rings is 1. The number of hydrogen-bond donors (Lipinski definition) is 2. The fourth-order valence-corrected chi connectivity index (χ4v) is 4.74. The summed E-state index contributed by atoms with van der Waals surface area (Å²) in [7, 11) is 0. The van der Waals surface area contributed by atoms with Crippen molar-refractivity contribution in [2.75, 3.05) is 25.0 Å². The number of fused-ring (bicyclic) bond motifs is 1. The molecule has 2 N–H and O–H groups in total. The summed E-state index contributed by atoms with van der Waals surface area (Å²) in [6, 6.07) is 10.0. The Labute approximate surface area is 194 Å². The van der Waals surface area contributed by atoms with Crippen molar-refractivity contribution in [1.29, 1.82) is 0 Å². The van der Waals surface area contributed by atoms with Crippen LogP contribution in [-0.2, 0) is 22.4 Å². The third-order valence-electron chi connectivity index (χ3n) is 6.55. The van der Waals surface area contributed by atoms with Gasteiger partial charge in [0.25, 0.3) is 0 Å². The van der Waals surface area contributed by atoms with Crippen LogP contribution in [-0.4, -0.2) is 41.3 Å². The predicted molar refractivity (Wildman–Crippen MR) is 127 cm³/mol. The van der Waals surface area contributed by atoms with Gasteiger partial charge in [0.1, 0.15) is 5.82 Å². The molecule has 0 radical (unpaired) electrons. The zero-order valence-corrected chi connectivity index (χ0v) is 19.3. The van der Waals surface area contributed by atoms with E-state index >= 15 is 0 Å². The molecule has 1 atom stereocenters. The van der Waals surface area contributed by atoms with Gasteiger partial charge in [-0.25, -0.2) is 4.98 Å². The van der Waals surface area contributed by atoms with Crippen LogP contribution in [0.25, 0.3) is 0 Å². The average molecular weight is 455 g/mol. The second-order valence-electron chi connectivity index (χ2n) is 8.93. The van der Waals surface area contributed by atoms with E-state index in [0.29, 0.717) is 17.4 Å². The summed E-state index contributed by atoms with van der Waals surface area (Å²) >= 11 is 5.84. The van der Waals surface area contributed by atoms with Crippen LogP contribution in [0.4, 0.5) is 5.82 Å². The van der Waals surface area contributed by atoms with E-state index in [4.69, 9.17) is 11.6 Å². The number of piperidine rings is 1. The molecule has 4 rings (SSSR count). The Bertz CT molecular complexity index is 955. The molecule has 1 aliphatic carbocycles. The number of amides is 2. The van der Waals surface area contributed by atoms with Gasteiger partial charge in [-0.15, -0.1) is 0 Å². The first-order chi connectivity index (χ1) is 15.5. The zero-order chi connectivity index (χ0) is 22.5. The molecule has 2 amide bonds. The number of anilines is 1. The van der Waals surface area contributed by atoms with Gasteiger partial charge >= 0.3 is 0 Å². The summed E-state index contributed by atoms with van der Waals surface area (Å²) < 4.78 is 0. The highest BCUT2D eigenvalue weighted by atomic mass is 35.5. The quantitative estimate of drug-likeness (QED) is 0.687. The van der Waals surface area contributed by atoms with E-state index in [2.05, 4.69) is 38.7 Å².